The molecule has 2 aliphatic rings. The van der Waals surface area contributed by atoms with Crippen molar-refractivity contribution in [3.8, 4) is 11.8 Å². The quantitative estimate of drug-likeness (QED) is 0.683. The fraction of sp³-hybridized carbons (Fsp3) is 0.526. The molecule has 1 saturated heterocycles. The van der Waals surface area contributed by atoms with Crippen LogP contribution in [-0.4, -0.2) is 30.2 Å². The fourth-order valence-electron chi connectivity index (χ4n) is 3.76. The van der Waals surface area contributed by atoms with E-state index in [1.165, 1.54) is 31.9 Å². The molecule has 22 heavy (non-hydrogen) atoms. The third-order valence-electron chi connectivity index (χ3n) is 4.91. The van der Waals surface area contributed by atoms with E-state index in [0.29, 0.717) is 12.0 Å². The predicted octanol–water partition coefficient (Wildman–Crippen LogP) is 3.75. The maximum atomic E-state index is 12.2. The zero-order chi connectivity index (χ0) is 15.5. The van der Waals surface area contributed by atoms with Crippen LogP contribution < -0.4 is 0 Å². The van der Waals surface area contributed by atoms with E-state index in [0.717, 1.165) is 18.4 Å². The summed E-state index contributed by atoms with van der Waals surface area (Å²) in [5, 5.41) is 0. The zero-order valence-electron chi connectivity index (χ0n) is 13.3. The van der Waals surface area contributed by atoms with Crippen LogP contribution in [0.2, 0.25) is 0 Å². The third-order valence-corrected chi connectivity index (χ3v) is 4.91. The number of rotatable bonds is 0. The summed E-state index contributed by atoms with van der Waals surface area (Å²) in [5.74, 6) is 7.14. The number of methoxy groups -OCH3 is 1. The molecule has 1 aliphatic heterocycles. The zero-order valence-corrected chi connectivity index (χ0v) is 13.3. The largest absolute Gasteiger partial charge is 0.453 e. The molecular formula is C19H23NO2. The third kappa shape index (κ3) is 2.97. The van der Waals surface area contributed by atoms with Gasteiger partial charge in [-0.3, -0.25) is 4.90 Å². The van der Waals surface area contributed by atoms with E-state index in [2.05, 4.69) is 30.9 Å². The van der Waals surface area contributed by atoms with Crippen molar-refractivity contribution < 1.29 is 9.53 Å². The number of ether oxygens (including phenoxy) is 1. The Morgan fingerprint density at radius 3 is 2.68 bits per heavy atom. The van der Waals surface area contributed by atoms with E-state index < -0.39 is 0 Å². The number of carbonyl (C=O) groups is 1. The van der Waals surface area contributed by atoms with E-state index in [-0.39, 0.29) is 12.1 Å². The second-order valence-corrected chi connectivity index (χ2v) is 6.38. The van der Waals surface area contributed by atoms with Gasteiger partial charge in [-0.1, -0.05) is 42.4 Å². The topological polar surface area (TPSA) is 29.5 Å². The van der Waals surface area contributed by atoms with Crippen molar-refractivity contribution in [2.75, 3.05) is 7.11 Å². The molecular weight excluding hydrogens is 274 g/mol. The van der Waals surface area contributed by atoms with Gasteiger partial charge in [0.25, 0.3) is 0 Å². The van der Waals surface area contributed by atoms with E-state index in [1.54, 1.807) is 0 Å². The molecule has 116 valence electrons. The minimum absolute atomic E-state index is 0.0122. The summed E-state index contributed by atoms with van der Waals surface area (Å²) in [6.07, 6.45) is 5.53. The lowest BCUT2D eigenvalue weighted by Gasteiger charge is -2.31. The van der Waals surface area contributed by atoms with Crippen LogP contribution in [0.3, 0.4) is 0 Å². The normalized spacial score (nSPS) is 26.8. The van der Waals surface area contributed by atoms with Crippen molar-refractivity contribution in [2.45, 2.75) is 51.1 Å². The number of amides is 1. The Morgan fingerprint density at radius 2 is 1.95 bits per heavy atom. The standard InChI is InChI=1S/C19H23NO2/c1-14-7-9-15(10-8-14)11-12-17-13-16-5-3-4-6-18(16)20(17)19(21)22-2/h7-10,16-18H,3-6,13H2,1-2H3. The molecule has 0 radical (unpaired) electrons. The molecule has 2 fully saturated rings. The molecule has 3 atom stereocenters. The second kappa shape index (κ2) is 6.44. The lowest BCUT2D eigenvalue weighted by atomic mass is 9.85. The maximum Gasteiger partial charge on any atom is 0.410 e. The van der Waals surface area contributed by atoms with Gasteiger partial charge in [-0.05, 0) is 44.2 Å². The molecule has 3 heteroatoms. The average Bonchev–Trinajstić information content (AvgIpc) is 2.92. The molecule has 1 heterocycles. The monoisotopic (exact) mass is 297 g/mol. The summed E-state index contributed by atoms with van der Waals surface area (Å²) in [5.41, 5.74) is 2.24. The van der Waals surface area contributed by atoms with Gasteiger partial charge in [0.05, 0.1) is 13.2 Å². The van der Waals surface area contributed by atoms with Crippen molar-refractivity contribution in [3.63, 3.8) is 0 Å². The molecule has 0 bridgehead atoms. The number of hydrogen-bond donors (Lipinski definition) is 0. The summed E-state index contributed by atoms with van der Waals surface area (Å²) in [4.78, 5) is 14.1. The first-order valence-electron chi connectivity index (χ1n) is 8.13. The number of nitrogens with zero attached hydrogens (tertiary/aromatic N) is 1. The van der Waals surface area contributed by atoms with Gasteiger partial charge in [0.15, 0.2) is 0 Å². The first kappa shape index (κ1) is 15.0. The lowest BCUT2D eigenvalue weighted by molar-refractivity contribution is 0.0987. The Morgan fingerprint density at radius 1 is 1.23 bits per heavy atom. The van der Waals surface area contributed by atoms with Gasteiger partial charge in [-0.15, -0.1) is 0 Å². The van der Waals surface area contributed by atoms with Gasteiger partial charge >= 0.3 is 6.09 Å². The number of aryl methyl sites for hydroxylation is 1. The highest BCUT2D eigenvalue weighted by Gasteiger charge is 2.44. The van der Waals surface area contributed by atoms with Crippen LogP contribution in [-0.2, 0) is 4.74 Å². The van der Waals surface area contributed by atoms with E-state index in [4.69, 9.17) is 4.74 Å². The maximum absolute atomic E-state index is 12.2. The molecule has 0 spiro atoms. The van der Waals surface area contributed by atoms with Crippen molar-refractivity contribution in [3.05, 3.63) is 35.4 Å². The average molecular weight is 297 g/mol. The van der Waals surface area contributed by atoms with Crippen molar-refractivity contribution in [1.29, 1.82) is 0 Å². The highest BCUT2D eigenvalue weighted by molar-refractivity contribution is 5.69. The van der Waals surface area contributed by atoms with Crippen LogP contribution >= 0.6 is 0 Å². The van der Waals surface area contributed by atoms with Crippen molar-refractivity contribution in [1.82, 2.24) is 4.90 Å². The van der Waals surface area contributed by atoms with Gasteiger partial charge in [0.1, 0.15) is 0 Å². The number of likely N-dealkylation sites (tertiary alicyclic amines) is 1. The van der Waals surface area contributed by atoms with Gasteiger partial charge < -0.3 is 4.74 Å². The minimum atomic E-state index is -0.224. The summed E-state index contributed by atoms with van der Waals surface area (Å²) < 4.78 is 5.00. The Kier molecular flexibility index (Phi) is 4.38. The lowest BCUT2D eigenvalue weighted by Crippen LogP contribution is -2.42. The van der Waals surface area contributed by atoms with Crippen molar-refractivity contribution in [2.24, 2.45) is 5.92 Å². The number of benzene rings is 1. The number of fused-ring (bicyclic) bond motifs is 1. The molecule has 3 nitrogen and oxygen atoms in total. The molecule has 1 aromatic carbocycles. The number of carbonyl (C=O) groups excluding carboxylic acids is 1. The summed E-state index contributed by atoms with van der Waals surface area (Å²) in [6, 6.07) is 8.51. The predicted molar refractivity (Wildman–Crippen MR) is 86.5 cm³/mol. The Bertz CT molecular complexity index is 596. The molecule has 1 amide bonds. The summed E-state index contributed by atoms with van der Waals surface area (Å²) >= 11 is 0. The van der Waals surface area contributed by atoms with Crippen LogP contribution in [0.25, 0.3) is 0 Å². The minimum Gasteiger partial charge on any atom is -0.453 e. The molecule has 0 aromatic heterocycles. The smallest absolute Gasteiger partial charge is 0.410 e. The van der Waals surface area contributed by atoms with E-state index in [1.807, 2.05) is 17.0 Å². The second-order valence-electron chi connectivity index (χ2n) is 6.38. The Balaban J connectivity index is 1.82. The summed E-state index contributed by atoms with van der Waals surface area (Å²) in [7, 11) is 1.46. The highest BCUT2D eigenvalue weighted by Crippen LogP contribution is 2.39. The number of hydrogen-bond acceptors (Lipinski definition) is 2. The molecule has 1 aromatic rings. The molecule has 3 unspecified atom stereocenters. The SMILES string of the molecule is COC(=O)N1C(C#Cc2ccc(C)cc2)CC2CCCCC21. The molecule has 0 N–H and O–H groups in total. The van der Waals surface area contributed by atoms with E-state index in [9.17, 15) is 4.79 Å². The van der Waals surface area contributed by atoms with Crippen LogP contribution in [0.4, 0.5) is 4.79 Å². The van der Waals surface area contributed by atoms with E-state index >= 15 is 0 Å². The summed E-state index contributed by atoms with van der Waals surface area (Å²) in [6.45, 7) is 2.07. The van der Waals surface area contributed by atoms with Gasteiger partial charge in [0.2, 0.25) is 0 Å². The van der Waals surface area contributed by atoms with Crippen molar-refractivity contribution >= 4 is 6.09 Å². The Labute approximate surface area is 132 Å². The van der Waals surface area contributed by atoms with Crippen LogP contribution in [0.1, 0.15) is 43.2 Å². The van der Waals surface area contributed by atoms with Gasteiger partial charge in [-0.2, -0.15) is 0 Å². The fourth-order valence-corrected chi connectivity index (χ4v) is 3.76. The Hall–Kier alpha value is -1.95. The molecule has 3 rings (SSSR count). The molecule has 1 aliphatic carbocycles. The van der Waals surface area contributed by atoms with Gasteiger partial charge in [0, 0.05) is 11.6 Å². The highest BCUT2D eigenvalue weighted by atomic mass is 16.5. The van der Waals surface area contributed by atoms with Crippen LogP contribution in [0.5, 0.6) is 0 Å². The first-order valence-corrected chi connectivity index (χ1v) is 8.13. The first-order chi connectivity index (χ1) is 10.7. The van der Waals surface area contributed by atoms with Gasteiger partial charge in [-0.25, -0.2) is 4.79 Å². The molecule has 1 saturated carbocycles. The van der Waals surface area contributed by atoms with Crippen LogP contribution in [0.15, 0.2) is 24.3 Å². The van der Waals surface area contributed by atoms with Crippen LogP contribution in [0, 0.1) is 24.7 Å².